The predicted molar refractivity (Wildman–Crippen MR) is 151 cm³/mol. The molecule has 2 amide bonds. The lowest BCUT2D eigenvalue weighted by Gasteiger charge is -2.28. The number of halogens is 2. The average Bonchev–Trinajstić information content (AvgIpc) is 2.97. The number of carbonyl (C=O) groups excluding carboxylic acids is 4. The van der Waals surface area contributed by atoms with Crippen molar-refractivity contribution in [2.45, 2.75) is 51.6 Å². The fourth-order valence-electron chi connectivity index (χ4n) is 4.46. The number of nitrogens with zero attached hydrogens (tertiary/aromatic N) is 1. The SMILES string of the molecule is CC(C)[C@H](NC(=O)CCc1ccccc1)C(=O)C(Cc1ccccc1)C(=O)C(F)(F)C(=O)N(N)Cc1ccccc1. The molecule has 0 aliphatic heterocycles. The maximum Gasteiger partial charge on any atom is 0.383 e. The van der Waals surface area contributed by atoms with Gasteiger partial charge in [0, 0.05) is 6.42 Å². The molecule has 0 saturated heterocycles. The van der Waals surface area contributed by atoms with Gasteiger partial charge in [0.25, 0.3) is 0 Å². The summed E-state index contributed by atoms with van der Waals surface area (Å²) in [6, 6.07) is 24.5. The molecule has 0 heterocycles. The van der Waals surface area contributed by atoms with Crippen LogP contribution in [0.5, 0.6) is 0 Å². The highest BCUT2D eigenvalue weighted by Crippen LogP contribution is 2.27. The van der Waals surface area contributed by atoms with Crippen LogP contribution in [0.3, 0.4) is 0 Å². The number of Topliss-reactive ketones (excluding diaryl/α,β-unsaturated/α-hetero) is 2. The second-order valence-corrected chi connectivity index (χ2v) is 10.3. The molecule has 0 saturated carbocycles. The van der Waals surface area contributed by atoms with Crippen molar-refractivity contribution in [1.82, 2.24) is 10.3 Å². The number of rotatable bonds is 14. The van der Waals surface area contributed by atoms with E-state index in [4.69, 9.17) is 5.84 Å². The number of hydrogen-bond donors (Lipinski definition) is 2. The van der Waals surface area contributed by atoms with E-state index in [9.17, 15) is 19.2 Å². The third-order valence-corrected chi connectivity index (χ3v) is 6.75. The predicted octanol–water partition coefficient (Wildman–Crippen LogP) is 4.29. The van der Waals surface area contributed by atoms with Crippen molar-refractivity contribution in [3.05, 3.63) is 108 Å². The Kier molecular flexibility index (Phi) is 11.0. The number of amides is 2. The Morgan fingerprint density at radius 2 is 1.29 bits per heavy atom. The first-order valence-electron chi connectivity index (χ1n) is 13.4. The topological polar surface area (TPSA) is 110 Å². The normalized spacial score (nSPS) is 12.8. The Morgan fingerprint density at radius 1 is 0.805 bits per heavy atom. The molecule has 3 N–H and O–H groups in total. The zero-order valence-electron chi connectivity index (χ0n) is 23.1. The van der Waals surface area contributed by atoms with Gasteiger partial charge in [-0.3, -0.25) is 24.2 Å². The Hall–Kier alpha value is -4.24. The number of aryl methyl sites for hydroxylation is 1. The third-order valence-electron chi connectivity index (χ3n) is 6.75. The van der Waals surface area contributed by atoms with Crippen LogP contribution in [0.2, 0.25) is 0 Å². The molecule has 9 heteroatoms. The molecular formula is C32H35F2N3O4. The largest absolute Gasteiger partial charge is 0.383 e. The molecular weight excluding hydrogens is 528 g/mol. The van der Waals surface area contributed by atoms with E-state index in [1.165, 1.54) is 0 Å². The number of hydrogen-bond acceptors (Lipinski definition) is 5. The molecule has 0 bridgehead atoms. The molecule has 0 aliphatic carbocycles. The van der Waals surface area contributed by atoms with Crippen molar-refractivity contribution in [2.24, 2.45) is 17.7 Å². The van der Waals surface area contributed by atoms with Gasteiger partial charge in [-0.15, -0.1) is 0 Å². The number of benzene rings is 3. The number of alkyl halides is 2. The number of carbonyl (C=O) groups is 4. The molecule has 0 fully saturated rings. The van der Waals surface area contributed by atoms with Gasteiger partial charge in [-0.2, -0.15) is 8.78 Å². The van der Waals surface area contributed by atoms with Gasteiger partial charge in [0.2, 0.25) is 11.7 Å². The zero-order valence-corrected chi connectivity index (χ0v) is 23.1. The first-order valence-corrected chi connectivity index (χ1v) is 13.4. The lowest BCUT2D eigenvalue weighted by atomic mass is 9.82. The highest BCUT2D eigenvalue weighted by atomic mass is 19.3. The van der Waals surface area contributed by atoms with Gasteiger partial charge in [-0.05, 0) is 35.4 Å². The van der Waals surface area contributed by atoms with Crippen molar-refractivity contribution in [2.75, 3.05) is 0 Å². The summed E-state index contributed by atoms with van der Waals surface area (Å²) in [7, 11) is 0. The molecule has 0 radical (unpaired) electrons. The van der Waals surface area contributed by atoms with Crippen molar-refractivity contribution < 1.29 is 28.0 Å². The van der Waals surface area contributed by atoms with E-state index >= 15 is 8.78 Å². The number of nitrogens with one attached hydrogen (secondary N) is 1. The number of hydrazine groups is 1. The minimum absolute atomic E-state index is 0.0636. The van der Waals surface area contributed by atoms with Gasteiger partial charge < -0.3 is 5.32 Å². The second-order valence-electron chi connectivity index (χ2n) is 10.3. The van der Waals surface area contributed by atoms with Crippen LogP contribution in [-0.4, -0.2) is 40.4 Å². The zero-order chi connectivity index (χ0) is 30.0. The summed E-state index contributed by atoms with van der Waals surface area (Å²) in [5.74, 6) is -6.43. The van der Waals surface area contributed by atoms with E-state index in [0.29, 0.717) is 17.5 Å². The quantitative estimate of drug-likeness (QED) is 0.132. The minimum Gasteiger partial charge on any atom is -0.346 e. The van der Waals surface area contributed by atoms with Gasteiger partial charge in [-0.1, -0.05) is 105 Å². The number of nitrogens with two attached hydrogens (primary N) is 1. The molecule has 7 nitrogen and oxygen atoms in total. The van der Waals surface area contributed by atoms with Crippen molar-refractivity contribution in [3.8, 4) is 0 Å². The Bertz CT molecular complexity index is 1320. The van der Waals surface area contributed by atoms with E-state index in [-0.39, 0.29) is 24.4 Å². The molecule has 1 unspecified atom stereocenters. The maximum atomic E-state index is 15.5. The summed E-state index contributed by atoms with van der Waals surface area (Å²) in [4.78, 5) is 52.6. The molecule has 3 aromatic carbocycles. The van der Waals surface area contributed by atoms with Crippen LogP contribution < -0.4 is 11.2 Å². The highest BCUT2D eigenvalue weighted by molar-refractivity contribution is 6.16. The highest BCUT2D eigenvalue weighted by Gasteiger charge is 2.54. The molecule has 0 aromatic heterocycles. The molecule has 0 aliphatic rings. The molecule has 216 valence electrons. The lowest BCUT2D eigenvalue weighted by Crippen LogP contribution is -2.56. The van der Waals surface area contributed by atoms with Crippen LogP contribution in [0.4, 0.5) is 8.78 Å². The van der Waals surface area contributed by atoms with Gasteiger partial charge >= 0.3 is 11.8 Å². The van der Waals surface area contributed by atoms with Gasteiger partial charge in [0.15, 0.2) is 5.78 Å². The molecule has 3 aromatic rings. The van der Waals surface area contributed by atoms with Gasteiger partial charge in [-0.25, -0.2) is 5.84 Å². The van der Waals surface area contributed by atoms with Crippen LogP contribution in [0, 0.1) is 11.8 Å². The Balaban J connectivity index is 1.83. The standard InChI is InChI=1S/C32H35F2N3O4/c1-22(2)28(36-27(38)19-18-23-12-6-3-7-13-23)29(39)26(20-24-14-8-4-9-15-24)30(40)32(33,34)31(41)37(35)21-25-16-10-5-11-17-25/h3-17,22,26,28H,18-21,35H2,1-2H3,(H,36,38)/t26?,28-/m0/s1. The summed E-state index contributed by atoms with van der Waals surface area (Å²) in [5, 5.41) is 2.92. The monoisotopic (exact) mass is 563 g/mol. The van der Waals surface area contributed by atoms with Crippen molar-refractivity contribution in [1.29, 1.82) is 0 Å². The molecule has 3 rings (SSSR count). The molecule has 0 spiro atoms. The number of ketones is 2. The smallest absolute Gasteiger partial charge is 0.346 e. The van der Waals surface area contributed by atoms with Gasteiger partial charge in [0.05, 0.1) is 18.5 Å². The summed E-state index contributed by atoms with van der Waals surface area (Å²) >= 11 is 0. The Labute approximate surface area is 238 Å². The average molecular weight is 564 g/mol. The van der Waals surface area contributed by atoms with Crippen LogP contribution >= 0.6 is 0 Å². The second kappa shape index (κ2) is 14.4. The third kappa shape index (κ3) is 8.62. The van der Waals surface area contributed by atoms with E-state index in [1.807, 2.05) is 30.3 Å². The summed E-state index contributed by atoms with van der Waals surface area (Å²) in [6.45, 7) is 2.94. The van der Waals surface area contributed by atoms with Crippen molar-refractivity contribution in [3.63, 3.8) is 0 Å². The van der Waals surface area contributed by atoms with Crippen LogP contribution in [0.25, 0.3) is 0 Å². The van der Waals surface area contributed by atoms with E-state index in [0.717, 1.165) is 5.56 Å². The first-order chi connectivity index (χ1) is 19.5. The van der Waals surface area contributed by atoms with Gasteiger partial charge in [0.1, 0.15) is 0 Å². The summed E-state index contributed by atoms with van der Waals surface area (Å²) in [5.41, 5.74) is 1.86. The summed E-state index contributed by atoms with van der Waals surface area (Å²) < 4.78 is 30.9. The van der Waals surface area contributed by atoms with E-state index in [1.54, 1.807) is 74.5 Å². The molecule has 41 heavy (non-hydrogen) atoms. The van der Waals surface area contributed by atoms with E-state index < -0.39 is 47.2 Å². The molecule has 2 atom stereocenters. The van der Waals surface area contributed by atoms with Crippen molar-refractivity contribution >= 4 is 23.4 Å². The Morgan fingerprint density at radius 3 is 1.80 bits per heavy atom. The fourth-order valence-corrected chi connectivity index (χ4v) is 4.46. The first kappa shape index (κ1) is 31.3. The van der Waals surface area contributed by atoms with Crippen LogP contribution in [-0.2, 0) is 38.6 Å². The van der Waals surface area contributed by atoms with Crippen LogP contribution in [0.1, 0.15) is 37.0 Å². The van der Waals surface area contributed by atoms with Crippen LogP contribution in [0.15, 0.2) is 91.0 Å². The lowest BCUT2D eigenvalue weighted by molar-refractivity contribution is -0.170. The van der Waals surface area contributed by atoms with E-state index in [2.05, 4.69) is 5.32 Å². The fraction of sp³-hybridized carbons (Fsp3) is 0.312. The minimum atomic E-state index is -4.57. The summed E-state index contributed by atoms with van der Waals surface area (Å²) in [6.07, 6.45) is 0.111. The maximum absolute atomic E-state index is 15.5.